The van der Waals surface area contributed by atoms with Crippen LogP contribution >= 0.6 is 15.9 Å². The number of ether oxygens (including phenoxy) is 2. The second kappa shape index (κ2) is 7.80. The van der Waals surface area contributed by atoms with Gasteiger partial charge in [-0.05, 0) is 48.7 Å². The van der Waals surface area contributed by atoms with E-state index in [9.17, 15) is 4.79 Å². The molecular formula is C21H24BrNO3. The molecule has 0 radical (unpaired) electrons. The maximum absolute atomic E-state index is 13.1. The Labute approximate surface area is 163 Å². The van der Waals surface area contributed by atoms with Crippen molar-refractivity contribution in [1.29, 1.82) is 0 Å². The summed E-state index contributed by atoms with van der Waals surface area (Å²) in [6.07, 6.45) is 0.292. The molecule has 2 atom stereocenters. The van der Waals surface area contributed by atoms with Crippen LogP contribution < -0.4 is 4.74 Å². The fourth-order valence-corrected chi connectivity index (χ4v) is 3.75. The summed E-state index contributed by atoms with van der Waals surface area (Å²) in [5.41, 5.74) is 1.60. The number of rotatable bonds is 5. The third-order valence-electron chi connectivity index (χ3n) is 5.02. The van der Waals surface area contributed by atoms with Gasteiger partial charge < -0.3 is 14.4 Å². The van der Waals surface area contributed by atoms with Gasteiger partial charge in [-0.2, -0.15) is 0 Å². The predicted molar refractivity (Wildman–Crippen MR) is 105 cm³/mol. The summed E-state index contributed by atoms with van der Waals surface area (Å²) in [7, 11) is 1.65. The maximum atomic E-state index is 13.1. The molecule has 0 saturated carbocycles. The van der Waals surface area contributed by atoms with Gasteiger partial charge in [-0.25, -0.2) is 0 Å². The Balaban J connectivity index is 1.97. The van der Waals surface area contributed by atoms with Gasteiger partial charge in [0.05, 0.1) is 19.3 Å². The zero-order valence-electron chi connectivity index (χ0n) is 15.4. The molecule has 1 fully saturated rings. The van der Waals surface area contributed by atoms with Crippen LogP contribution in [-0.4, -0.2) is 30.6 Å². The van der Waals surface area contributed by atoms with E-state index in [1.165, 1.54) is 0 Å². The van der Waals surface area contributed by atoms with Crippen molar-refractivity contribution < 1.29 is 14.3 Å². The number of amides is 1. The van der Waals surface area contributed by atoms with E-state index in [0.717, 1.165) is 21.3 Å². The van der Waals surface area contributed by atoms with Crippen molar-refractivity contribution in [3.05, 3.63) is 64.1 Å². The van der Waals surface area contributed by atoms with Crippen molar-refractivity contribution in [3.63, 3.8) is 0 Å². The summed E-state index contributed by atoms with van der Waals surface area (Å²) in [5.74, 6) is 0.847. The lowest BCUT2D eigenvalue weighted by molar-refractivity contribution is -0.172. The fourth-order valence-electron chi connectivity index (χ4n) is 3.35. The molecule has 0 spiro atoms. The summed E-state index contributed by atoms with van der Waals surface area (Å²) in [4.78, 5) is 15.1. The molecule has 0 aliphatic carbocycles. The van der Waals surface area contributed by atoms with Gasteiger partial charge in [0.15, 0.2) is 0 Å². The van der Waals surface area contributed by atoms with Crippen molar-refractivity contribution in [1.82, 2.24) is 4.90 Å². The molecule has 0 N–H and O–H groups in total. The molecule has 5 heteroatoms. The van der Waals surface area contributed by atoms with Crippen LogP contribution in [0.4, 0.5) is 0 Å². The first-order chi connectivity index (χ1) is 12.5. The summed E-state index contributed by atoms with van der Waals surface area (Å²) < 4.78 is 12.2. The number of methoxy groups -OCH3 is 1. The summed E-state index contributed by atoms with van der Waals surface area (Å²) >= 11 is 3.54. The Morgan fingerprint density at radius 1 is 1.27 bits per heavy atom. The van der Waals surface area contributed by atoms with Gasteiger partial charge in [-0.3, -0.25) is 4.79 Å². The van der Waals surface area contributed by atoms with Crippen LogP contribution in [0.1, 0.15) is 31.4 Å². The number of morpholine rings is 1. The molecule has 1 heterocycles. The van der Waals surface area contributed by atoms with E-state index >= 15 is 0 Å². The Morgan fingerprint density at radius 2 is 2.00 bits per heavy atom. The molecule has 4 nitrogen and oxygen atoms in total. The molecule has 3 rings (SSSR count). The van der Waals surface area contributed by atoms with Crippen LogP contribution in [0.2, 0.25) is 0 Å². The molecule has 1 aliphatic heterocycles. The van der Waals surface area contributed by atoms with Crippen LogP contribution in [0.25, 0.3) is 0 Å². The lowest BCUT2D eigenvalue weighted by Crippen LogP contribution is -2.58. The molecule has 2 aromatic rings. The highest BCUT2D eigenvalue weighted by Crippen LogP contribution is 2.36. The molecule has 2 aromatic carbocycles. The van der Waals surface area contributed by atoms with Gasteiger partial charge >= 0.3 is 0 Å². The van der Waals surface area contributed by atoms with E-state index < -0.39 is 5.54 Å². The SMILES string of the molecule is CCC1OCC(C)(c2cccc(Br)c2)N(Cc2ccc(OC)cc2)C1=O. The minimum Gasteiger partial charge on any atom is -0.497 e. The first-order valence-electron chi connectivity index (χ1n) is 8.80. The highest BCUT2D eigenvalue weighted by atomic mass is 79.9. The van der Waals surface area contributed by atoms with Gasteiger partial charge in [0, 0.05) is 11.0 Å². The predicted octanol–water partition coefficient (Wildman–Crippen LogP) is 4.51. The summed E-state index contributed by atoms with van der Waals surface area (Å²) in [6, 6.07) is 15.9. The topological polar surface area (TPSA) is 38.8 Å². The Morgan fingerprint density at radius 3 is 2.62 bits per heavy atom. The number of hydrogen-bond acceptors (Lipinski definition) is 3. The molecule has 1 saturated heterocycles. The number of hydrogen-bond donors (Lipinski definition) is 0. The fraction of sp³-hybridized carbons (Fsp3) is 0.381. The van der Waals surface area contributed by atoms with Crippen LogP contribution in [-0.2, 0) is 21.6 Å². The van der Waals surface area contributed by atoms with Crippen LogP contribution in [0.3, 0.4) is 0 Å². The van der Waals surface area contributed by atoms with E-state index in [0.29, 0.717) is 19.6 Å². The molecule has 0 aromatic heterocycles. The molecule has 26 heavy (non-hydrogen) atoms. The van der Waals surface area contributed by atoms with E-state index in [1.807, 2.05) is 48.2 Å². The minimum atomic E-state index is -0.521. The molecule has 1 aliphatic rings. The normalized spacial score (nSPS) is 23.2. The van der Waals surface area contributed by atoms with Gasteiger partial charge in [0.2, 0.25) is 0 Å². The third kappa shape index (κ3) is 3.64. The number of halogens is 1. The van der Waals surface area contributed by atoms with Crippen molar-refractivity contribution in [2.45, 2.75) is 38.5 Å². The van der Waals surface area contributed by atoms with Crippen LogP contribution in [0.5, 0.6) is 5.75 Å². The quantitative estimate of drug-likeness (QED) is 0.717. The van der Waals surface area contributed by atoms with Gasteiger partial charge in [-0.15, -0.1) is 0 Å². The van der Waals surface area contributed by atoms with Crippen molar-refractivity contribution in [2.75, 3.05) is 13.7 Å². The van der Waals surface area contributed by atoms with E-state index in [2.05, 4.69) is 35.0 Å². The number of carbonyl (C=O) groups excluding carboxylic acids is 1. The standard InChI is InChI=1S/C21H24BrNO3/c1-4-19-20(24)23(13-15-8-10-18(25-3)11-9-15)21(2,14-26-19)16-6-5-7-17(22)12-16/h5-12,19H,4,13-14H2,1-3H3. The van der Waals surface area contributed by atoms with Crippen molar-refractivity contribution >= 4 is 21.8 Å². The number of nitrogens with zero attached hydrogens (tertiary/aromatic N) is 1. The zero-order valence-corrected chi connectivity index (χ0v) is 17.0. The van der Waals surface area contributed by atoms with E-state index in [1.54, 1.807) is 7.11 Å². The second-order valence-corrected chi connectivity index (χ2v) is 7.68. The minimum absolute atomic E-state index is 0.0389. The third-order valence-corrected chi connectivity index (χ3v) is 5.51. The lowest BCUT2D eigenvalue weighted by Gasteiger charge is -2.47. The largest absolute Gasteiger partial charge is 0.497 e. The molecule has 138 valence electrons. The van der Waals surface area contributed by atoms with Gasteiger partial charge in [0.25, 0.3) is 5.91 Å². The zero-order chi connectivity index (χ0) is 18.7. The van der Waals surface area contributed by atoms with Gasteiger partial charge in [-0.1, -0.05) is 47.1 Å². The molecule has 2 unspecified atom stereocenters. The lowest BCUT2D eigenvalue weighted by atomic mass is 9.88. The monoisotopic (exact) mass is 417 g/mol. The Hall–Kier alpha value is -1.85. The van der Waals surface area contributed by atoms with Crippen LogP contribution in [0.15, 0.2) is 53.0 Å². The van der Waals surface area contributed by atoms with Crippen molar-refractivity contribution in [3.8, 4) is 5.75 Å². The first kappa shape index (κ1) is 18.9. The first-order valence-corrected chi connectivity index (χ1v) is 9.59. The summed E-state index contributed by atoms with van der Waals surface area (Å²) in [5, 5.41) is 0. The highest BCUT2D eigenvalue weighted by Gasteiger charge is 2.44. The molecular weight excluding hydrogens is 394 g/mol. The second-order valence-electron chi connectivity index (χ2n) is 6.76. The molecule has 1 amide bonds. The van der Waals surface area contributed by atoms with Crippen LogP contribution in [0, 0.1) is 0 Å². The van der Waals surface area contributed by atoms with E-state index in [4.69, 9.17) is 9.47 Å². The van der Waals surface area contributed by atoms with Gasteiger partial charge in [0.1, 0.15) is 11.9 Å². The molecule has 0 bridgehead atoms. The average molecular weight is 418 g/mol. The van der Waals surface area contributed by atoms with Crippen molar-refractivity contribution in [2.24, 2.45) is 0 Å². The number of benzene rings is 2. The maximum Gasteiger partial charge on any atom is 0.252 e. The Bertz CT molecular complexity index is 777. The summed E-state index contributed by atoms with van der Waals surface area (Å²) in [6.45, 7) is 5.06. The smallest absolute Gasteiger partial charge is 0.252 e. The highest BCUT2D eigenvalue weighted by molar-refractivity contribution is 9.10. The van der Waals surface area contributed by atoms with E-state index in [-0.39, 0.29) is 12.0 Å². The average Bonchev–Trinajstić information content (AvgIpc) is 2.66. The Kier molecular flexibility index (Phi) is 5.68. The number of carbonyl (C=O) groups is 1.